The third kappa shape index (κ3) is 2.18. The highest BCUT2D eigenvalue weighted by Gasteiger charge is 2.28. The lowest BCUT2D eigenvalue weighted by molar-refractivity contribution is 0.405. The van der Waals surface area contributed by atoms with Crippen molar-refractivity contribution in [2.75, 3.05) is 18.8 Å². The molecule has 1 saturated heterocycles. The van der Waals surface area contributed by atoms with Crippen LogP contribution in [0, 0.1) is 0 Å². The number of nitrogens with two attached hydrogens (primary N) is 1. The summed E-state index contributed by atoms with van der Waals surface area (Å²) < 4.78 is 24.1. The van der Waals surface area contributed by atoms with Crippen molar-refractivity contribution in [2.45, 2.75) is 25.8 Å². The molecule has 1 atom stereocenters. The second-order valence-electron chi connectivity index (χ2n) is 3.20. The van der Waals surface area contributed by atoms with Crippen LogP contribution in [-0.2, 0) is 10.0 Å². The molecule has 1 aliphatic rings. The van der Waals surface area contributed by atoms with Crippen molar-refractivity contribution in [2.24, 2.45) is 5.73 Å². The van der Waals surface area contributed by atoms with E-state index in [-0.39, 0.29) is 6.04 Å². The quantitative estimate of drug-likeness (QED) is 0.671. The highest BCUT2D eigenvalue weighted by molar-refractivity contribution is 7.89. The molecule has 0 aromatic rings. The summed E-state index contributed by atoms with van der Waals surface area (Å²) in [5.41, 5.74) is 5.67. The molecule has 5 heteroatoms. The van der Waals surface area contributed by atoms with Crippen molar-refractivity contribution < 1.29 is 8.42 Å². The van der Waals surface area contributed by atoms with Gasteiger partial charge in [0.25, 0.3) is 0 Å². The van der Waals surface area contributed by atoms with Crippen molar-refractivity contribution in [1.82, 2.24) is 4.31 Å². The molecule has 72 valence electrons. The van der Waals surface area contributed by atoms with Crippen molar-refractivity contribution in [3.63, 3.8) is 0 Å². The maximum absolute atomic E-state index is 11.3. The molecule has 2 N–H and O–H groups in total. The molecule has 0 spiro atoms. The van der Waals surface area contributed by atoms with Crippen LogP contribution >= 0.6 is 0 Å². The van der Waals surface area contributed by atoms with Gasteiger partial charge in [-0.2, -0.15) is 0 Å². The van der Waals surface area contributed by atoms with E-state index in [0.29, 0.717) is 18.8 Å². The lowest BCUT2D eigenvalue weighted by atomic mass is 10.2. The Hall–Kier alpha value is -0.130. The molecule has 1 fully saturated rings. The fourth-order valence-electron chi connectivity index (χ4n) is 1.29. The number of sulfonamides is 1. The van der Waals surface area contributed by atoms with E-state index < -0.39 is 10.0 Å². The first-order valence-electron chi connectivity index (χ1n) is 4.29. The van der Waals surface area contributed by atoms with Gasteiger partial charge >= 0.3 is 0 Å². The number of hydrogen-bond acceptors (Lipinski definition) is 3. The predicted octanol–water partition coefficient (Wildman–Crippen LogP) is -0.241. The molecule has 0 radical (unpaired) electrons. The molecule has 1 heterocycles. The molecule has 0 aromatic heterocycles. The van der Waals surface area contributed by atoms with Gasteiger partial charge in [-0.1, -0.05) is 6.92 Å². The van der Waals surface area contributed by atoms with Crippen molar-refractivity contribution in [1.29, 1.82) is 0 Å². The molecule has 1 aliphatic heterocycles. The zero-order chi connectivity index (χ0) is 9.19. The largest absolute Gasteiger partial charge is 0.327 e. The second-order valence-corrected chi connectivity index (χ2v) is 5.28. The van der Waals surface area contributed by atoms with E-state index in [1.807, 2.05) is 6.92 Å². The Kier molecular flexibility index (Phi) is 3.09. The van der Waals surface area contributed by atoms with E-state index in [1.165, 1.54) is 4.31 Å². The zero-order valence-corrected chi connectivity index (χ0v) is 8.18. The summed E-state index contributed by atoms with van der Waals surface area (Å²) in [7, 11) is -2.94. The van der Waals surface area contributed by atoms with Gasteiger partial charge in [-0.15, -0.1) is 0 Å². The van der Waals surface area contributed by atoms with Crippen LogP contribution in [0.25, 0.3) is 0 Å². The number of nitrogens with zero attached hydrogens (tertiary/aromatic N) is 1. The summed E-state index contributed by atoms with van der Waals surface area (Å²) in [6.07, 6.45) is 1.57. The molecule has 0 amide bonds. The van der Waals surface area contributed by atoms with Gasteiger partial charge in [0.1, 0.15) is 0 Å². The Morgan fingerprint density at radius 1 is 1.58 bits per heavy atom. The van der Waals surface area contributed by atoms with Crippen LogP contribution in [0.15, 0.2) is 0 Å². The monoisotopic (exact) mass is 192 g/mol. The highest BCUT2D eigenvalue weighted by Crippen LogP contribution is 2.13. The van der Waals surface area contributed by atoms with E-state index in [0.717, 1.165) is 12.8 Å². The molecule has 1 rings (SSSR count). The van der Waals surface area contributed by atoms with Crippen LogP contribution in [-0.4, -0.2) is 37.6 Å². The van der Waals surface area contributed by atoms with Crippen LogP contribution in [0.2, 0.25) is 0 Å². The van der Waals surface area contributed by atoms with Crippen LogP contribution in [0.3, 0.4) is 0 Å². The van der Waals surface area contributed by atoms with Crippen LogP contribution in [0.5, 0.6) is 0 Å². The van der Waals surface area contributed by atoms with Crippen LogP contribution in [0.1, 0.15) is 19.8 Å². The third-order valence-corrected chi connectivity index (χ3v) is 4.09. The Morgan fingerprint density at radius 3 is 2.67 bits per heavy atom. The molecule has 1 unspecified atom stereocenters. The van der Waals surface area contributed by atoms with Gasteiger partial charge in [0.15, 0.2) is 0 Å². The van der Waals surface area contributed by atoms with E-state index in [1.54, 1.807) is 0 Å². The fraction of sp³-hybridized carbons (Fsp3) is 1.00. The standard InChI is InChI=1S/C7H16N2O2S/c1-2-7(8)6-9-4-3-5-12(9,10)11/h7H,2-6,8H2,1H3. The molecule has 0 aromatic carbocycles. The summed E-state index contributed by atoms with van der Waals surface area (Å²) >= 11 is 0. The summed E-state index contributed by atoms with van der Waals surface area (Å²) in [5.74, 6) is 0.295. The van der Waals surface area contributed by atoms with Gasteiger partial charge in [-0.05, 0) is 12.8 Å². The van der Waals surface area contributed by atoms with Gasteiger partial charge in [0.2, 0.25) is 10.0 Å². The van der Waals surface area contributed by atoms with Gasteiger partial charge < -0.3 is 5.73 Å². The van der Waals surface area contributed by atoms with E-state index in [4.69, 9.17) is 5.73 Å². The van der Waals surface area contributed by atoms with Crippen LogP contribution < -0.4 is 5.73 Å². The SMILES string of the molecule is CCC(N)CN1CCCS1(=O)=O. The third-order valence-electron chi connectivity index (χ3n) is 2.17. The average molecular weight is 192 g/mol. The van der Waals surface area contributed by atoms with Gasteiger partial charge in [0.05, 0.1) is 5.75 Å². The maximum atomic E-state index is 11.3. The average Bonchev–Trinajstić information content (AvgIpc) is 2.31. The highest BCUT2D eigenvalue weighted by atomic mass is 32.2. The predicted molar refractivity (Wildman–Crippen MR) is 48.2 cm³/mol. The van der Waals surface area contributed by atoms with E-state index >= 15 is 0 Å². The molecule has 0 aliphatic carbocycles. The molecular weight excluding hydrogens is 176 g/mol. The molecule has 0 bridgehead atoms. The minimum absolute atomic E-state index is 0.0159. The fourth-order valence-corrected chi connectivity index (χ4v) is 2.86. The first-order valence-corrected chi connectivity index (χ1v) is 5.90. The smallest absolute Gasteiger partial charge is 0.214 e. The minimum atomic E-state index is -2.94. The Balaban J connectivity index is 2.53. The van der Waals surface area contributed by atoms with Crippen molar-refractivity contribution in [3.05, 3.63) is 0 Å². The van der Waals surface area contributed by atoms with Gasteiger partial charge in [0, 0.05) is 19.1 Å². The lowest BCUT2D eigenvalue weighted by Crippen LogP contribution is -2.37. The van der Waals surface area contributed by atoms with Gasteiger partial charge in [-0.25, -0.2) is 12.7 Å². The first kappa shape index (κ1) is 9.95. The van der Waals surface area contributed by atoms with Crippen LogP contribution in [0.4, 0.5) is 0 Å². The normalized spacial score (nSPS) is 25.8. The second kappa shape index (κ2) is 3.72. The first-order chi connectivity index (χ1) is 5.56. The topological polar surface area (TPSA) is 63.4 Å². The van der Waals surface area contributed by atoms with Gasteiger partial charge in [-0.3, -0.25) is 0 Å². The minimum Gasteiger partial charge on any atom is -0.327 e. The lowest BCUT2D eigenvalue weighted by Gasteiger charge is -2.17. The summed E-state index contributed by atoms with van der Waals surface area (Å²) in [6.45, 7) is 3.10. The molecule has 0 saturated carbocycles. The van der Waals surface area contributed by atoms with Crippen molar-refractivity contribution in [3.8, 4) is 0 Å². The molecule has 4 nitrogen and oxygen atoms in total. The Morgan fingerprint density at radius 2 is 2.25 bits per heavy atom. The van der Waals surface area contributed by atoms with Crippen molar-refractivity contribution >= 4 is 10.0 Å². The Labute approximate surface area is 73.8 Å². The molecule has 12 heavy (non-hydrogen) atoms. The Bertz CT molecular complexity index is 238. The summed E-state index contributed by atoms with van der Waals surface area (Å²) in [6, 6.07) is -0.0159. The summed E-state index contributed by atoms with van der Waals surface area (Å²) in [5, 5.41) is 0. The number of hydrogen-bond donors (Lipinski definition) is 1. The van der Waals surface area contributed by atoms with E-state index in [9.17, 15) is 8.42 Å². The molecular formula is C7H16N2O2S. The summed E-state index contributed by atoms with van der Waals surface area (Å²) in [4.78, 5) is 0. The zero-order valence-electron chi connectivity index (χ0n) is 7.36. The number of rotatable bonds is 3. The van der Waals surface area contributed by atoms with E-state index in [2.05, 4.69) is 0 Å². The maximum Gasteiger partial charge on any atom is 0.214 e.